The second-order valence-corrected chi connectivity index (χ2v) is 10.7. The number of para-hydroxylation sites is 4. The molecule has 2 aromatic heterocycles. The molecule has 0 atom stereocenters. The average molecular weight is 529 g/mol. The first kappa shape index (κ1) is 24.4. The molecular formula is C32H29N6P. The van der Waals surface area contributed by atoms with Crippen molar-refractivity contribution < 1.29 is 0 Å². The van der Waals surface area contributed by atoms with Crippen LogP contribution >= 0.6 is 8.58 Å². The third kappa shape index (κ3) is 4.41. The Balaban J connectivity index is 1.27. The summed E-state index contributed by atoms with van der Waals surface area (Å²) >= 11 is 0. The second-order valence-electron chi connectivity index (χ2n) is 9.29. The van der Waals surface area contributed by atoms with Crippen molar-refractivity contribution >= 4 is 63.8 Å². The maximum absolute atomic E-state index is 6.55. The highest BCUT2D eigenvalue weighted by molar-refractivity contribution is 7.47. The van der Waals surface area contributed by atoms with Gasteiger partial charge in [-0.15, -0.1) is 0 Å². The van der Waals surface area contributed by atoms with Crippen LogP contribution in [0.5, 0.6) is 0 Å². The molecule has 7 heteroatoms. The van der Waals surface area contributed by atoms with Gasteiger partial charge in [0.25, 0.3) is 0 Å². The fourth-order valence-electron chi connectivity index (χ4n) is 5.15. The molecule has 6 rings (SSSR count). The van der Waals surface area contributed by atoms with Crippen molar-refractivity contribution in [3.05, 3.63) is 132 Å². The van der Waals surface area contributed by atoms with Crippen LogP contribution in [0, 0.1) is 0 Å². The molecule has 4 aromatic carbocycles. The minimum absolute atomic E-state index is 0.0933. The van der Waals surface area contributed by atoms with E-state index in [1.54, 1.807) is 0 Å². The lowest BCUT2D eigenvalue weighted by Gasteiger charge is -2.08. The van der Waals surface area contributed by atoms with Crippen LogP contribution in [-0.2, 0) is 0 Å². The molecule has 2 heterocycles. The SMILES string of the molecule is N/C(=C\C=C(/N)n1c2ccccc2c2ccccc21)P/C(N)=C/C=C(\N)n1c2ccccc2c2ccccc21. The summed E-state index contributed by atoms with van der Waals surface area (Å²) in [6, 6.07) is 32.9. The number of nitrogens with zero attached hydrogens (tertiary/aromatic N) is 2. The fourth-order valence-corrected chi connectivity index (χ4v) is 5.82. The molecule has 0 radical (unpaired) electrons. The Kier molecular flexibility index (Phi) is 6.31. The molecule has 0 unspecified atom stereocenters. The lowest BCUT2D eigenvalue weighted by molar-refractivity contribution is 1.18. The molecule has 0 aliphatic heterocycles. The van der Waals surface area contributed by atoms with E-state index in [9.17, 15) is 0 Å². The maximum atomic E-state index is 6.55. The summed E-state index contributed by atoms with van der Waals surface area (Å²) < 4.78 is 4.10. The van der Waals surface area contributed by atoms with E-state index in [4.69, 9.17) is 22.9 Å². The number of allylic oxidation sites excluding steroid dienone is 4. The van der Waals surface area contributed by atoms with Crippen molar-refractivity contribution in [3.8, 4) is 0 Å². The Morgan fingerprint density at radius 2 is 0.718 bits per heavy atom. The lowest BCUT2D eigenvalue weighted by atomic mass is 10.2. The van der Waals surface area contributed by atoms with E-state index in [1.807, 2.05) is 82.0 Å². The van der Waals surface area contributed by atoms with Crippen molar-refractivity contribution in [1.29, 1.82) is 0 Å². The number of rotatable bonds is 6. The van der Waals surface area contributed by atoms with E-state index >= 15 is 0 Å². The summed E-state index contributed by atoms with van der Waals surface area (Å²) in [4.78, 5) is 0. The molecule has 0 spiro atoms. The lowest BCUT2D eigenvalue weighted by Crippen LogP contribution is -2.06. The van der Waals surface area contributed by atoms with Crippen LogP contribution in [-0.4, -0.2) is 9.13 Å². The van der Waals surface area contributed by atoms with Crippen LogP contribution in [0.3, 0.4) is 0 Å². The van der Waals surface area contributed by atoms with Gasteiger partial charge >= 0.3 is 0 Å². The van der Waals surface area contributed by atoms with Crippen LogP contribution in [0.4, 0.5) is 0 Å². The quantitative estimate of drug-likeness (QED) is 0.148. The fraction of sp³-hybridized carbons (Fsp3) is 0. The first-order valence-electron chi connectivity index (χ1n) is 12.6. The minimum atomic E-state index is 0.0933. The van der Waals surface area contributed by atoms with Crippen molar-refractivity contribution in [2.45, 2.75) is 0 Å². The number of fused-ring (bicyclic) bond motifs is 6. The van der Waals surface area contributed by atoms with Crippen LogP contribution in [0.25, 0.3) is 55.3 Å². The van der Waals surface area contributed by atoms with Gasteiger partial charge in [-0.1, -0.05) is 72.8 Å². The van der Waals surface area contributed by atoms with Crippen molar-refractivity contribution in [2.24, 2.45) is 22.9 Å². The Morgan fingerprint density at radius 3 is 1.03 bits per heavy atom. The number of benzene rings is 4. The zero-order valence-electron chi connectivity index (χ0n) is 21.3. The number of hydrogen-bond acceptors (Lipinski definition) is 4. The zero-order valence-corrected chi connectivity index (χ0v) is 22.3. The van der Waals surface area contributed by atoms with Gasteiger partial charge in [0.2, 0.25) is 0 Å². The molecule has 0 bridgehead atoms. The van der Waals surface area contributed by atoms with E-state index in [1.165, 1.54) is 0 Å². The summed E-state index contributed by atoms with van der Waals surface area (Å²) in [7, 11) is 0.0933. The maximum Gasteiger partial charge on any atom is 0.108 e. The minimum Gasteiger partial charge on any atom is -0.398 e. The summed E-state index contributed by atoms with van der Waals surface area (Å²) in [5.74, 6) is 1.16. The van der Waals surface area contributed by atoms with Gasteiger partial charge in [-0.05, 0) is 57.2 Å². The van der Waals surface area contributed by atoms with Crippen LogP contribution in [0.2, 0.25) is 0 Å². The van der Waals surface area contributed by atoms with E-state index in [0.717, 1.165) is 43.6 Å². The topological polar surface area (TPSA) is 114 Å². The average Bonchev–Trinajstić information content (AvgIpc) is 3.48. The Morgan fingerprint density at radius 1 is 0.436 bits per heavy atom. The first-order chi connectivity index (χ1) is 19.0. The first-order valence-corrected chi connectivity index (χ1v) is 13.6. The van der Waals surface area contributed by atoms with E-state index < -0.39 is 0 Å². The van der Waals surface area contributed by atoms with Crippen molar-refractivity contribution in [3.63, 3.8) is 0 Å². The standard InChI is InChI=1S/C32H29N6P/c33-29(37-25-13-5-1-9-21(25)22-10-2-6-14-26(22)37)17-19-31(35)39-32(36)20-18-30(34)38-27-15-7-3-11-23(27)24-12-4-8-16-28(24)38/h1-20,39H,33-36H2/b29-17+,30-18+,31-19+,32-20+. The summed E-state index contributed by atoms with van der Waals surface area (Å²) in [5, 5.41) is 4.62. The van der Waals surface area contributed by atoms with E-state index in [-0.39, 0.29) is 8.58 Å². The molecule has 0 amide bonds. The van der Waals surface area contributed by atoms with Gasteiger partial charge in [-0.2, -0.15) is 0 Å². The molecule has 0 saturated carbocycles. The molecule has 6 aromatic rings. The highest BCUT2D eigenvalue weighted by atomic mass is 31.1. The molecule has 6 nitrogen and oxygen atoms in total. The van der Waals surface area contributed by atoms with Gasteiger partial charge in [0.05, 0.1) is 22.1 Å². The second kappa shape index (κ2) is 10.1. The normalized spacial score (nSPS) is 14.1. The van der Waals surface area contributed by atoms with Crippen LogP contribution in [0.15, 0.2) is 132 Å². The van der Waals surface area contributed by atoms with Gasteiger partial charge in [-0.25, -0.2) is 0 Å². The number of aromatic nitrogens is 2. The Hall–Kier alpha value is -4.93. The molecule has 39 heavy (non-hydrogen) atoms. The predicted octanol–water partition coefficient (Wildman–Crippen LogP) is 6.40. The summed E-state index contributed by atoms with van der Waals surface area (Å²) in [5.41, 5.74) is 31.2. The largest absolute Gasteiger partial charge is 0.398 e. The van der Waals surface area contributed by atoms with Gasteiger partial charge in [0, 0.05) is 32.4 Å². The third-order valence-electron chi connectivity index (χ3n) is 6.83. The smallest absolute Gasteiger partial charge is 0.108 e. The number of nitrogens with two attached hydrogens (primary N) is 4. The molecule has 0 aliphatic rings. The molecule has 0 fully saturated rings. The van der Waals surface area contributed by atoms with Gasteiger partial charge in [-0.3, -0.25) is 9.13 Å². The predicted molar refractivity (Wildman–Crippen MR) is 169 cm³/mol. The van der Waals surface area contributed by atoms with Crippen LogP contribution < -0.4 is 22.9 Å². The van der Waals surface area contributed by atoms with Crippen molar-refractivity contribution in [1.82, 2.24) is 9.13 Å². The molecule has 8 N–H and O–H groups in total. The monoisotopic (exact) mass is 528 g/mol. The number of hydrogen-bond donors (Lipinski definition) is 4. The van der Waals surface area contributed by atoms with Gasteiger partial charge in [0.15, 0.2) is 0 Å². The summed E-state index contributed by atoms with van der Waals surface area (Å²) in [6.45, 7) is 0. The highest BCUT2D eigenvalue weighted by Gasteiger charge is 2.12. The van der Waals surface area contributed by atoms with Crippen molar-refractivity contribution in [2.75, 3.05) is 0 Å². The molecule has 0 aliphatic carbocycles. The zero-order chi connectivity index (χ0) is 26.9. The van der Waals surface area contributed by atoms with Crippen LogP contribution in [0.1, 0.15) is 0 Å². The van der Waals surface area contributed by atoms with E-state index in [0.29, 0.717) is 22.5 Å². The summed E-state index contributed by atoms with van der Waals surface area (Å²) in [6.07, 6.45) is 7.30. The highest BCUT2D eigenvalue weighted by Crippen LogP contribution is 2.32. The Labute approximate surface area is 227 Å². The molecule has 192 valence electrons. The Bertz CT molecular complexity index is 1740. The third-order valence-corrected chi connectivity index (χ3v) is 7.74. The molecule has 0 saturated heterocycles. The molecular weight excluding hydrogens is 499 g/mol. The van der Waals surface area contributed by atoms with E-state index in [2.05, 4.69) is 48.5 Å². The van der Waals surface area contributed by atoms with Gasteiger partial charge in [0.1, 0.15) is 11.6 Å². The van der Waals surface area contributed by atoms with Gasteiger partial charge < -0.3 is 22.9 Å².